The molecule has 0 spiro atoms. The van der Waals surface area contributed by atoms with Crippen molar-refractivity contribution in [3.63, 3.8) is 0 Å². The van der Waals surface area contributed by atoms with Gasteiger partial charge >= 0.3 is 0 Å². The fourth-order valence-corrected chi connectivity index (χ4v) is 2.47. The maximum absolute atomic E-state index is 5.83. The van der Waals surface area contributed by atoms with Gasteiger partial charge in [-0.05, 0) is 49.9 Å². The second kappa shape index (κ2) is 7.58. The van der Waals surface area contributed by atoms with Gasteiger partial charge in [-0.3, -0.25) is 9.88 Å². The molecule has 1 saturated heterocycles. The molecule has 0 aliphatic carbocycles. The van der Waals surface area contributed by atoms with Crippen LogP contribution in [0.4, 0.5) is 0 Å². The molecule has 0 amide bonds. The molecule has 2 rings (SSSR count). The third kappa shape index (κ3) is 4.56. The lowest BCUT2D eigenvalue weighted by molar-refractivity contribution is 0.00559. The molecule has 0 radical (unpaired) electrons. The van der Waals surface area contributed by atoms with Gasteiger partial charge in [0.1, 0.15) is 0 Å². The van der Waals surface area contributed by atoms with Crippen molar-refractivity contribution in [1.82, 2.24) is 9.88 Å². The standard InChI is InChI=1S/C15H25N3O/c1-13-3-7-17-11-14(13)12-18-8-4-15(5-9-18)19-10-2-6-16/h3,7,11,15H,2,4-6,8-10,12,16H2,1H3. The molecule has 0 atom stereocenters. The van der Waals surface area contributed by atoms with Crippen LogP contribution in [0.15, 0.2) is 18.5 Å². The molecule has 2 heterocycles. The number of aromatic nitrogens is 1. The number of rotatable bonds is 6. The zero-order chi connectivity index (χ0) is 13.5. The molecule has 1 aromatic rings. The Bertz CT molecular complexity index is 375. The summed E-state index contributed by atoms with van der Waals surface area (Å²) in [4.78, 5) is 6.71. The summed E-state index contributed by atoms with van der Waals surface area (Å²) in [5.74, 6) is 0. The van der Waals surface area contributed by atoms with Gasteiger partial charge in [0.05, 0.1) is 6.10 Å². The highest BCUT2D eigenvalue weighted by molar-refractivity contribution is 5.21. The lowest BCUT2D eigenvalue weighted by atomic mass is 10.1. The monoisotopic (exact) mass is 263 g/mol. The minimum absolute atomic E-state index is 0.429. The van der Waals surface area contributed by atoms with Crippen molar-refractivity contribution in [2.75, 3.05) is 26.2 Å². The summed E-state index contributed by atoms with van der Waals surface area (Å²) >= 11 is 0. The van der Waals surface area contributed by atoms with E-state index >= 15 is 0 Å². The molecule has 0 bridgehead atoms. The molecular weight excluding hydrogens is 238 g/mol. The quantitative estimate of drug-likeness (QED) is 0.794. The maximum atomic E-state index is 5.83. The van der Waals surface area contributed by atoms with Crippen molar-refractivity contribution in [3.05, 3.63) is 29.6 Å². The van der Waals surface area contributed by atoms with Crippen LogP contribution in [0, 0.1) is 6.92 Å². The van der Waals surface area contributed by atoms with Crippen LogP contribution in [0.2, 0.25) is 0 Å². The summed E-state index contributed by atoms with van der Waals surface area (Å²) in [6.07, 6.45) is 7.50. The predicted octanol–water partition coefficient (Wildman–Crippen LogP) is 1.72. The van der Waals surface area contributed by atoms with E-state index in [4.69, 9.17) is 10.5 Å². The Morgan fingerprint density at radius 1 is 1.42 bits per heavy atom. The highest BCUT2D eigenvalue weighted by atomic mass is 16.5. The van der Waals surface area contributed by atoms with Crippen LogP contribution in [-0.4, -0.2) is 42.2 Å². The first-order valence-corrected chi connectivity index (χ1v) is 7.23. The van der Waals surface area contributed by atoms with Crippen molar-refractivity contribution in [3.8, 4) is 0 Å². The highest BCUT2D eigenvalue weighted by Crippen LogP contribution is 2.17. The topological polar surface area (TPSA) is 51.4 Å². The van der Waals surface area contributed by atoms with Crippen molar-refractivity contribution in [2.45, 2.75) is 38.8 Å². The van der Waals surface area contributed by atoms with E-state index in [1.165, 1.54) is 11.1 Å². The van der Waals surface area contributed by atoms with Crippen LogP contribution in [-0.2, 0) is 11.3 Å². The maximum Gasteiger partial charge on any atom is 0.0599 e. The Morgan fingerprint density at radius 2 is 2.21 bits per heavy atom. The van der Waals surface area contributed by atoms with E-state index in [2.05, 4.69) is 22.9 Å². The van der Waals surface area contributed by atoms with Gasteiger partial charge < -0.3 is 10.5 Å². The third-order valence-electron chi connectivity index (χ3n) is 3.78. The molecule has 4 heteroatoms. The third-order valence-corrected chi connectivity index (χ3v) is 3.78. The lowest BCUT2D eigenvalue weighted by Crippen LogP contribution is -2.37. The Balaban J connectivity index is 1.73. The SMILES string of the molecule is Cc1ccncc1CN1CCC(OCCCN)CC1. The minimum atomic E-state index is 0.429. The number of hydrogen-bond acceptors (Lipinski definition) is 4. The molecule has 1 fully saturated rings. The van der Waals surface area contributed by atoms with Gasteiger partial charge in [-0.1, -0.05) is 0 Å². The number of nitrogens with zero attached hydrogens (tertiary/aromatic N) is 2. The fourth-order valence-electron chi connectivity index (χ4n) is 2.47. The number of nitrogens with two attached hydrogens (primary N) is 1. The van der Waals surface area contributed by atoms with Gasteiger partial charge in [0.25, 0.3) is 0 Å². The zero-order valence-corrected chi connectivity index (χ0v) is 11.8. The average molecular weight is 263 g/mol. The molecule has 1 aliphatic rings. The van der Waals surface area contributed by atoms with E-state index in [9.17, 15) is 0 Å². The Kier molecular flexibility index (Phi) is 5.76. The van der Waals surface area contributed by atoms with Gasteiger partial charge in [0.2, 0.25) is 0 Å². The first-order valence-electron chi connectivity index (χ1n) is 7.23. The molecule has 106 valence electrons. The van der Waals surface area contributed by atoms with E-state index in [1.54, 1.807) is 0 Å². The summed E-state index contributed by atoms with van der Waals surface area (Å²) in [6, 6.07) is 2.08. The summed E-state index contributed by atoms with van der Waals surface area (Å²) < 4.78 is 5.83. The van der Waals surface area contributed by atoms with Crippen LogP contribution in [0.3, 0.4) is 0 Å². The predicted molar refractivity (Wildman–Crippen MR) is 76.9 cm³/mol. The van der Waals surface area contributed by atoms with Crippen LogP contribution >= 0.6 is 0 Å². The summed E-state index contributed by atoms with van der Waals surface area (Å²) in [5.41, 5.74) is 8.14. The number of piperidine rings is 1. The second-order valence-corrected chi connectivity index (χ2v) is 5.29. The van der Waals surface area contributed by atoms with Gasteiger partial charge in [0.15, 0.2) is 0 Å². The van der Waals surface area contributed by atoms with Gasteiger partial charge in [0, 0.05) is 38.6 Å². The molecule has 4 nitrogen and oxygen atoms in total. The zero-order valence-electron chi connectivity index (χ0n) is 11.8. The lowest BCUT2D eigenvalue weighted by Gasteiger charge is -2.32. The number of ether oxygens (including phenoxy) is 1. The molecule has 1 aliphatic heterocycles. The molecule has 0 aromatic carbocycles. The fraction of sp³-hybridized carbons (Fsp3) is 0.667. The van der Waals surface area contributed by atoms with Gasteiger partial charge in [-0.25, -0.2) is 0 Å². The van der Waals surface area contributed by atoms with E-state index in [1.807, 2.05) is 12.4 Å². The first kappa shape index (κ1) is 14.4. The van der Waals surface area contributed by atoms with Crippen molar-refractivity contribution in [2.24, 2.45) is 5.73 Å². The second-order valence-electron chi connectivity index (χ2n) is 5.29. The largest absolute Gasteiger partial charge is 0.378 e. The number of hydrogen-bond donors (Lipinski definition) is 1. The van der Waals surface area contributed by atoms with Gasteiger partial charge in [-0.2, -0.15) is 0 Å². The van der Waals surface area contributed by atoms with Crippen molar-refractivity contribution >= 4 is 0 Å². The van der Waals surface area contributed by atoms with Crippen molar-refractivity contribution < 1.29 is 4.74 Å². The minimum Gasteiger partial charge on any atom is -0.378 e. The Labute approximate surface area is 116 Å². The van der Waals surface area contributed by atoms with Gasteiger partial charge in [-0.15, -0.1) is 0 Å². The smallest absolute Gasteiger partial charge is 0.0599 e. The first-order chi connectivity index (χ1) is 9.29. The Hall–Kier alpha value is -0.970. The molecule has 0 saturated carbocycles. The van der Waals surface area contributed by atoms with Crippen LogP contribution in [0.1, 0.15) is 30.4 Å². The van der Waals surface area contributed by atoms with Crippen LogP contribution < -0.4 is 5.73 Å². The summed E-state index contributed by atoms with van der Waals surface area (Å²) in [7, 11) is 0. The highest BCUT2D eigenvalue weighted by Gasteiger charge is 2.19. The Morgan fingerprint density at radius 3 is 2.89 bits per heavy atom. The van der Waals surface area contributed by atoms with E-state index < -0.39 is 0 Å². The van der Waals surface area contributed by atoms with Crippen LogP contribution in [0.25, 0.3) is 0 Å². The molecule has 1 aromatic heterocycles. The molecule has 0 unspecified atom stereocenters. The average Bonchev–Trinajstić information content (AvgIpc) is 2.44. The van der Waals surface area contributed by atoms with Crippen LogP contribution in [0.5, 0.6) is 0 Å². The number of likely N-dealkylation sites (tertiary alicyclic amines) is 1. The number of pyridine rings is 1. The van der Waals surface area contributed by atoms with E-state index in [0.717, 1.165) is 52.0 Å². The summed E-state index contributed by atoms with van der Waals surface area (Å²) in [6.45, 7) is 6.92. The van der Waals surface area contributed by atoms with Crippen molar-refractivity contribution in [1.29, 1.82) is 0 Å². The van der Waals surface area contributed by atoms with E-state index in [0.29, 0.717) is 6.10 Å². The molecular formula is C15H25N3O. The normalized spacial score (nSPS) is 17.8. The van der Waals surface area contributed by atoms with E-state index in [-0.39, 0.29) is 0 Å². The molecule has 19 heavy (non-hydrogen) atoms. The number of aryl methyl sites for hydroxylation is 1. The summed E-state index contributed by atoms with van der Waals surface area (Å²) in [5, 5.41) is 0. The molecule has 2 N–H and O–H groups in total.